The largest absolute Gasteiger partial charge is 0.323 e. The monoisotopic (exact) mass is 325 g/mol. The molecule has 1 aromatic carbocycles. The Labute approximate surface area is 130 Å². The number of benzene rings is 1. The van der Waals surface area contributed by atoms with E-state index in [0.717, 1.165) is 5.56 Å². The molecule has 1 fully saturated rings. The van der Waals surface area contributed by atoms with E-state index < -0.39 is 9.84 Å². The molecule has 1 saturated heterocycles. The first-order valence-electron chi connectivity index (χ1n) is 6.56. The number of sulfone groups is 1. The summed E-state index contributed by atoms with van der Waals surface area (Å²) in [5, 5.41) is 0. The van der Waals surface area contributed by atoms with Gasteiger partial charge in [-0.05, 0) is 24.1 Å². The fourth-order valence-electron chi connectivity index (χ4n) is 2.44. The minimum absolute atomic E-state index is 0.0182. The van der Waals surface area contributed by atoms with Gasteiger partial charge in [0.1, 0.15) is 0 Å². The van der Waals surface area contributed by atoms with Gasteiger partial charge in [0.05, 0.1) is 18.1 Å². The summed E-state index contributed by atoms with van der Waals surface area (Å²) in [6.07, 6.45) is 5.76. The Balaban J connectivity index is 2.25. The van der Waals surface area contributed by atoms with E-state index in [1.165, 1.54) is 4.90 Å². The van der Waals surface area contributed by atoms with Gasteiger partial charge < -0.3 is 4.90 Å². The molecule has 1 amide bonds. The molecule has 1 heterocycles. The molecule has 112 valence electrons. The highest BCUT2D eigenvalue weighted by atomic mass is 35.5. The van der Waals surface area contributed by atoms with Crippen molar-refractivity contribution in [1.29, 1.82) is 0 Å². The summed E-state index contributed by atoms with van der Waals surface area (Å²) >= 11 is 5.77. The van der Waals surface area contributed by atoms with E-state index in [0.29, 0.717) is 17.9 Å². The van der Waals surface area contributed by atoms with E-state index in [1.54, 1.807) is 18.2 Å². The second-order valence-electron chi connectivity index (χ2n) is 5.03. The maximum Gasteiger partial charge on any atom is 0.254 e. The van der Waals surface area contributed by atoms with Crippen LogP contribution < -0.4 is 0 Å². The molecule has 1 unspecified atom stereocenters. The van der Waals surface area contributed by atoms with Crippen molar-refractivity contribution in [2.24, 2.45) is 0 Å². The molecular formula is C15H16ClNO3S. The molecule has 1 aliphatic heterocycles. The first kappa shape index (κ1) is 15.9. The molecule has 0 aliphatic carbocycles. The molecule has 0 spiro atoms. The highest BCUT2D eigenvalue weighted by Gasteiger charge is 2.34. The molecule has 21 heavy (non-hydrogen) atoms. The minimum Gasteiger partial charge on any atom is -0.323 e. The van der Waals surface area contributed by atoms with Crippen LogP contribution in [0.15, 0.2) is 24.3 Å². The first-order valence-corrected chi connectivity index (χ1v) is 8.92. The van der Waals surface area contributed by atoms with Gasteiger partial charge in [0, 0.05) is 17.5 Å². The van der Waals surface area contributed by atoms with Gasteiger partial charge in [0.2, 0.25) is 0 Å². The van der Waals surface area contributed by atoms with E-state index in [4.69, 9.17) is 18.0 Å². The number of alkyl halides is 1. The number of hydrogen-bond donors (Lipinski definition) is 0. The summed E-state index contributed by atoms with van der Waals surface area (Å²) in [5.74, 6) is 2.59. The molecule has 0 radical (unpaired) electrons. The normalized spacial score (nSPS) is 19.9. The van der Waals surface area contributed by atoms with Gasteiger partial charge in [-0.3, -0.25) is 4.79 Å². The quantitative estimate of drug-likeness (QED) is 0.625. The van der Waals surface area contributed by atoms with Crippen LogP contribution in [0.5, 0.6) is 0 Å². The van der Waals surface area contributed by atoms with Crippen LogP contribution in [-0.2, 0) is 15.7 Å². The zero-order chi connectivity index (χ0) is 15.5. The smallest absolute Gasteiger partial charge is 0.254 e. The van der Waals surface area contributed by atoms with Gasteiger partial charge in [-0.15, -0.1) is 18.0 Å². The van der Waals surface area contributed by atoms with Gasteiger partial charge >= 0.3 is 0 Å². The number of carbonyl (C=O) groups excluding carboxylic acids is 1. The Morgan fingerprint density at radius 1 is 1.48 bits per heavy atom. The van der Waals surface area contributed by atoms with E-state index in [1.807, 2.05) is 6.07 Å². The lowest BCUT2D eigenvalue weighted by Crippen LogP contribution is -2.41. The van der Waals surface area contributed by atoms with Crippen molar-refractivity contribution in [3.8, 4) is 12.3 Å². The SMILES string of the molecule is C#CCN(C(=O)c1cccc(CCl)c1)C1CCS(=O)(=O)C1. The van der Waals surface area contributed by atoms with Crippen LogP contribution in [0.1, 0.15) is 22.3 Å². The molecule has 0 bridgehead atoms. The topological polar surface area (TPSA) is 54.5 Å². The van der Waals surface area contributed by atoms with Crippen LogP contribution in [0.3, 0.4) is 0 Å². The Hall–Kier alpha value is -1.51. The Morgan fingerprint density at radius 3 is 2.81 bits per heavy atom. The van der Waals surface area contributed by atoms with Gasteiger partial charge in [-0.2, -0.15) is 0 Å². The van der Waals surface area contributed by atoms with Crippen molar-refractivity contribution in [1.82, 2.24) is 4.90 Å². The number of halogens is 1. The summed E-state index contributed by atoms with van der Waals surface area (Å²) in [5.41, 5.74) is 1.31. The number of nitrogens with zero attached hydrogens (tertiary/aromatic N) is 1. The standard InChI is InChI=1S/C15H16ClNO3S/c1-2-7-17(14-6-8-21(19,20)11-14)15(18)13-5-3-4-12(9-13)10-16/h1,3-5,9,14H,6-8,10-11H2. The van der Waals surface area contributed by atoms with Crippen LogP contribution in [0.4, 0.5) is 0 Å². The third-order valence-corrected chi connectivity index (χ3v) is 5.56. The molecular weight excluding hydrogens is 310 g/mol. The fourth-order valence-corrected chi connectivity index (χ4v) is 4.34. The minimum atomic E-state index is -3.07. The highest BCUT2D eigenvalue weighted by molar-refractivity contribution is 7.91. The summed E-state index contributed by atoms with van der Waals surface area (Å²) in [6.45, 7) is 0.101. The number of terminal acetylenes is 1. The maximum atomic E-state index is 12.6. The van der Waals surface area contributed by atoms with E-state index in [9.17, 15) is 13.2 Å². The summed E-state index contributed by atoms with van der Waals surface area (Å²) < 4.78 is 23.2. The molecule has 1 aliphatic rings. The number of hydrogen-bond acceptors (Lipinski definition) is 3. The van der Waals surface area contributed by atoms with Crippen LogP contribution >= 0.6 is 11.6 Å². The third-order valence-electron chi connectivity index (χ3n) is 3.50. The molecule has 4 nitrogen and oxygen atoms in total. The predicted octanol–water partition coefficient (Wildman–Crippen LogP) is 1.69. The lowest BCUT2D eigenvalue weighted by atomic mass is 10.1. The zero-order valence-corrected chi connectivity index (χ0v) is 13.0. The zero-order valence-electron chi connectivity index (χ0n) is 11.5. The average Bonchev–Trinajstić information content (AvgIpc) is 2.84. The van der Waals surface area contributed by atoms with Gasteiger partial charge in [0.15, 0.2) is 9.84 Å². The molecule has 1 aromatic rings. The van der Waals surface area contributed by atoms with Crippen molar-refractivity contribution in [3.05, 3.63) is 35.4 Å². The number of rotatable bonds is 4. The lowest BCUT2D eigenvalue weighted by molar-refractivity contribution is 0.0724. The van der Waals surface area contributed by atoms with Crippen molar-refractivity contribution in [2.75, 3.05) is 18.1 Å². The molecule has 0 aromatic heterocycles. The average molecular weight is 326 g/mol. The fraction of sp³-hybridized carbons (Fsp3) is 0.400. The predicted molar refractivity (Wildman–Crippen MR) is 82.9 cm³/mol. The van der Waals surface area contributed by atoms with Crippen molar-refractivity contribution in [3.63, 3.8) is 0 Å². The van der Waals surface area contributed by atoms with Crippen LogP contribution in [0, 0.1) is 12.3 Å². The van der Waals surface area contributed by atoms with Gasteiger partial charge in [-0.1, -0.05) is 18.1 Å². The van der Waals surface area contributed by atoms with Crippen LogP contribution in [0.2, 0.25) is 0 Å². The summed E-state index contributed by atoms with van der Waals surface area (Å²) in [6, 6.07) is 6.63. The molecule has 0 N–H and O–H groups in total. The van der Waals surface area contributed by atoms with Crippen molar-refractivity contribution < 1.29 is 13.2 Å². The lowest BCUT2D eigenvalue weighted by Gasteiger charge is -2.26. The Bertz CT molecular complexity index is 678. The maximum absolute atomic E-state index is 12.6. The Kier molecular flexibility index (Phi) is 4.92. The van der Waals surface area contributed by atoms with E-state index in [-0.39, 0.29) is 30.0 Å². The van der Waals surface area contributed by atoms with Crippen LogP contribution in [0.25, 0.3) is 0 Å². The van der Waals surface area contributed by atoms with E-state index >= 15 is 0 Å². The molecule has 2 rings (SSSR count). The second-order valence-corrected chi connectivity index (χ2v) is 7.52. The van der Waals surface area contributed by atoms with E-state index in [2.05, 4.69) is 5.92 Å². The summed E-state index contributed by atoms with van der Waals surface area (Å²) in [4.78, 5) is 14.1. The van der Waals surface area contributed by atoms with Gasteiger partial charge in [0.25, 0.3) is 5.91 Å². The number of carbonyl (C=O) groups is 1. The molecule has 0 saturated carbocycles. The molecule has 6 heteroatoms. The van der Waals surface area contributed by atoms with Crippen LogP contribution in [-0.4, -0.2) is 43.3 Å². The first-order chi connectivity index (χ1) is 9.96. The molecule has 1 atom stereocenters. The van der Waals surface area contributed by atoms with Crippen molar-refractivity contribution in [2.45, 2.75) is 18.3 Å². The van der Waals surface area contributed by atoms with Crippen molar-refractivity contribution >= 4 is 27.3 Å². The second kappa shape index (κ2) is 6.50. The number of amides is 1. The Morgan fingerprint density at radius 2 is 2.24 bits per heavy atom. The highest BCUT2D eigenvalue weighted by Crippen LogP contribution is 2.20. The third kappa shape index (κ3) is 3.78. The summed E-state index contributed by atoms with van der Waals surface area (Å²) in [7, 11) is -3.07. The van der Waals surface area contributed by atoms with Gasteiger partial charge in [-0.25, -0.2) is 8.42 Å².